The van der Waals surface area contributed by atoms with E-state index in [9.17, 15) is 4.79 Å². The molecule has 4 heteroatoms. The fourth-order valence-electron chi connectivity index (χ4n) is 2.24. The van der Waals surface area contributed by atoms with E-state index in [0.717, 1.165) is 16.7 Å². The van der Waals surface area contributed by atoms with Gasteiger partial charge in [0.05, 0.1) is 6.42 Å². The standard InChI is InChI=1S/C15H12O4/c16-14(17)8-10-4-1-2-5-11(10)12-6-3-7-13-15(12)19-9-18-13/h1-7H,8-9H2,(H,16,17). The average molecular weight is 256 g/mol. The van der Waals surface area contributed by atoms with Crippen molar-refractivity contribution in [3.05, 3.63) is 48.0 Å². The second-order valence-electron chi connectivity index (χ2n) is 4.27. The summed E-state index contributed by atoms with van der Waals surface area (Å²) in [5.41, 5.74) is 2.50. The number of benzene rings is 2. The average Bonchev–Trinajstić information content (AvgIpc) is 2.87. The van der Waals surface area contributed by atoms with Gasteiger partial charge in [-0.1, -0.05) is 36.4 Å². The Hall–Kier alpha value is -2.49. The van der Waals surface area contributed by atoms with Crippen LogP contribution in [0.5, 0.6) is 11.5 Å². The van der Waals surface area contributed by atoms with Crippen molar-refractivity contribution >= 4 is 5.97 Å². The van der Waals surface area contributed by atoms with Gasteiger partial charge in [-0.15, -0.1) is 0 Å². The molecule has 0 aliphatic carbocycles. The van der Waals surface area contributed by atoms with Crippen LogP contribution in [-0.4, -0.2) is 17.9 Å². The maximum absolute atomic E-state index is 10.9. The molecule has 2 aromatic rings. The highest BCUT2D eigenvalue weighted by Crippen LogP contribution is 2.42. The Labute approximate surface area is 110 Å². The molecule has 0 fully saturated rings. The van der Waals surface area contributed by atoms with Gasteiger partial charge in [0, 0.05) is 5.56 Å². The molecule has 96 valence electrons. The molecule has 0 atom stereocenters. The van der Waals surface area contributed by atoms with E-state index < -0.39 is 5.97 Å². The third-order valence-corrected chi connectivity index (χ3v) is 3.05. The van der Waals surface area contributed by atoms with Crippen LogP contribution in [0.1, 0.15) is 5.56 Å². The van der Waals surface area contributed by atoms with Crippen LogP contribution in [-0.2, 0) is 11.2 Å². The molecule has 1 heterocycles. The molecule has 0 bridgehead atoms. The van der Waals surface area contributed by atoms with Gasteiger partial charge in [-0.05, 0) is 17.2 Å². The van der Waals surface area contributed by atoms with E-state index in [4.69, 9.17) is 14.6 Å². The molecule has 0 radical (unpaired) electrons. The van der Waals surface area contributed by atoms with Crippen molar-refractivity contribution in [1.29, 1.82) is 0 Å². The summed E-state index contributed by atoms with van der Waals surface area (Å²) < 4.78 is 10.8. The van der Waals surface area contributed by atoms with E-state index in [1.54, 1.807) is 0 Å². The lowest BCUT2D eigenvalue weighted by Crippen LogP contribution is -2.02. The monoisotopic (exact) mass is 256 g/mol. The molecule has 0 saturated heterocycles. The smallest absolute Gasteiger partial charge is 0.307 e. The first kappa shape index (κ1) is 11.6. The molecule has 1 N–H and O–H groups in total. The summed E-state index contributed by atoms with van der Waals surface area (Å²) >= 11 is 0. The number of para-hydroxylation sites is 1. The predicted octanol–water partition coefficient (Wildman–Crippen LogP) is 2.71. The summed E-state index contributed by atoms with van der Waals surface area (Å²) in [7, 11) is 0. The highest BCUT2D eigenvalue weighted by Gasteiger charge is 2.20. The van der Waals surface area contributed by atoms with E-state index in [-0.39, 0.29) is 13.2 Å². The summed E-state index contributed by atoms with van der Waals surface area (Å²) in [5, 5.41) is 8.98. The Balaban J connectivity index is 2.12. The van der Waals surface area contributed by atoms with Gasteiger partial charge in [0.25, 0.3) is 0 Å². The highest BCUT2D eigenvalue weighted by molar-refractivity contribution is 5.80. The van der Waals surface area contributed by atoms with Crippen LogP contribution in [0, 0.1) is 0 Å². The van der Waals surface area contributed by atoms with Gasteiger partial charge in [0.2, 0.25) is 6.79 Å². The number of ether oxygens (including phenoxy) is 2. The number of fused-ring (bicyclic) bond motifs is 1. The number of carbonyl (C=O) groups is 1. The van der Waals surface area contributed by atoms with Crippen molar-refractivity contribution in [3.63, 3.8) is 0 Å². The molecule has 4 nitrogen and oxygen atoms in total. The SMILES string of the molecule is O=C(O)Cc1ccccc1-c1cccc2c1OCO2. The van der Waals surface area contributed by atoms with Crippen molar-refractivity contribution in [2.45, 2.75) is 6.42 Å². The predicted molar refractivity (Wildman–Crippen MR) is 69.3 cm³/mol. The van der Waals surface area contributed by atoms with Crippen LogP contribution in [0.4, 0.5) is 0 Å². The Bertz CT molecular complexity index is 634. The molecule has 3 rings (SSSR count). The van der Waals surface area contributed by atoms with Crippen molar-refractivity contribution in [1.82, 2.24) is 0 Å². The topological polar surface area (TPSA) is 55.8 Å². The molecule has 0 unspecified atom stereocenters. The maximum atomic E-state index is 10.9. The lowest BCUT2D eigenvalue weighted by atomic mass is 9.97. The second kappa shape index (κ2) is 4.65. The zero-order valence-electron chi connectivity index (χ0n) is 10.1. The Morgan fingerprint density at radius 1 is 1.05 bits per heavy atom. The quantitative estimate of drug-likeness (QED) is 0.917. The third kappa shape index (κ3) is 2.12. The molecule has 0 amide bonds. The maximum Gasteiger partial charge on any atom is 0.307 e. The fourth-order valence-corrected chi connectivity index (χ4v) is 2.24. The largest absolute Gasteiger partial charge is 0.481 e. The third-order valence-electron chi connectivity index (χ3n) is 3.05. The van der Waals surface area contributed by atoms with Gasteiger partial charge >= 0.3 is 5.97 Å². The number of rotatable bonds is 3. The summed E-state index contributed by atoms with van der Waals surface area (Å²) in [6.07, 6.45) is -0.0132. The van der Waals surface area contributed by atoms with Gasteiger partial charge < -0.3 is 14.6 Å². The first-order chi connectivity index (χ1) is 9.25. The van der Waals surface area contributed by atoms with Crippen LogP contribution in [0.3, 0.4) is 0 Å². The number of aliphatic carboxylic acids is 1. The van der Waals surface area contributed by atoms with Crippen molar-refractivity contribution in [3.8, 4) is 22.6 Å². The van der Waals surface area contributed by atoms with E-state index in [1.165, 1.54) is 0 Å². The first-order valence-electron chi connectivity index (χ1n) is 5.94. The lowest BCUT2D eigenvalue weighted by Gasteiger charge is -2.10. The Morgan fingerprint density at radius 2 is 1.84 bits per heavy atom. The number of carboxylic acids is 1. The van der Waals surface area contributed by atoms with Crippen molar-refractivity contribution in [2.75, 3.05) is 6.79 Å². The van der Waals surface area contributed by atoms with Gasteiger partial charge in [0.1, 0.15) is 0 Å². The number of hydrogen-bond acceptors (Lipinski definition) is 3. The fraction of sp³-hybridized carbons (Fsp3) is 0.133. The zero-order chi connectivity index (χ0) is 13.2. The first-order valence-corrected chi connectivity index (χ1v) is 5.94. The number of carboxylic acid groups (broad SMARTS) is 1. The molecule has 19 heavy (non-hydrogen) atoms. The molecule has 0 aromatic heterocycles. The van der Waals surface area contributed by atoms with Crippen LogP contribution in [0.2, 0.25) is 0 Å². The Kier molecular flexibility index (Phi) is 2.83. The molecule has 1 aliphatic heterocycles. The molecule has 0 saturated carbocycles. The minimum Gasteiger partial charge on any atom is -0.481 e. The second-order valence-corrected chi connectivity index (χ2v) is 4.27. The van der Waals surface area contributed by atoms with Gasteiger partial charge in [-0.25, -0.2) is 0 Å². The molecule has 0 spiro atoms. The van der Waals surface area contributed by atoms with Crippen LogP contribution >= 0.6 is 0 Å². The van der Waals surface area contributed by atoms with Crippen LogP contribution < -0.4 is 9.47 Å². The summed E-state index contributed by atoms with van der Waals surface area (Å²) in [6.45, 7) is 0.202. The minimum atomic E-state index is -0.850. The highest BCUT2D eigenvalue weighted by atomic mass is 16.7. The van der Waals surface area contributed by atoms with E-state index in [0.29, 0.717) is 11.5 Å². The van der Waals surface area contributed by atoms with E-state index in [1.807, 2.05) is 42.5 Å². The summed E-state index contributed by atoms with van der Waals surface area (Å²) in [6, 6.07) is 13.1. The van der Waals surface area contributed by atoms with E-state index in [2.05, 4.69) is 0 Å². The van der Waals surface area contributed by atoms with Crippen molar-refractivity contribution < 1.29 is 19.4 Å². The normalized spacial score (nSPS) is 12.4. The van der Waals surface area contributed by atoms with E-state index >= 15 is 0 Å². The van der Waals surface area contributed by atoms with Crippen molar-refractivity contribution in [2.24, 2.45) is 0 Å². The Morgan fingerprint density at radius 3 is 2.68 bits per heavy atom. The minimum absolute atomic E-state index is 0.0132. The molecule has 1 aliphatic rings. The van der Waals surface area contributed by atoms with Gasteiger partial charge in [0.15, 0.2) is 11.5 Å². The number of hydrogen-bond donors (Lipinski definition) is 1. The molecular weight excluding hydrogens is 244 g/mol. The summed E-state index contributed by atoms with van der Waals surface area (Å²) in [4.78, 5) is 10.9. The lowest BCUT2D eigenvalue weighted by molar-refractivity contribution is -0.136. The summed E-state index contributed by atoms with van der Waals surface area (Å²) in [5.74, 6) is 0.528. The molecule has 2 aromatic carbocycles. The van der Waals surface area contributed by atoms with Gasteiger partial charge in [-0.2, -0.15) is 0 Å². The van der Waals surface area contributed by atoms with Crippen LogP contribution in [0.25, 0.3) is 11.1 Å². The van der Waals surface area contributed by atoms with Gasteiger partial charge in [-0.3, -0.25) is 4.79 Å². The zero-order valence-corrected chi connectivity index (χ0v) is 10.1. The molecular formula is C15H12O4. The van der Waals surface area contributed by atoms with Crippen LogP contribution in [0.15, 0.2) is 42.5 Å².